The van der Waals surface area contributed by atoms with Crippen molar-refractivity contribution in [2.24, 2.45) is 5.92 Å². The molecule has 1 heterocycles. The highest BCUT2D eigenvalue weighted by Crippen LogP contribution is 2.35. The Morgan fingerprint density at radius 2 is 1.88 bits per heavy atom. The zero-order valence-corrected chi connectivity index (χ0v) is 15.4. The zero-order chi connectivity index (χ0) is 17.3. The van der Waals surface area contributed by atoms with E-state index in [1.54, 1.807) is 0 Å². The fourth-order valence-corrected chi connectivity index (χ4v) is 4.22. The van der Waals surface area contributed by atoms with Gasteiger partial charge in [-0.3, -0.25) is 4.79 Å². The van der Waals surface area contributed by atoms with E-state index in [0.29, 0.717) is 18.2 Å². The lowest BCUT2D eigenvalue weighted by Crippen LogP contribution is -2.45. The van der Waals surface area contributed by atoms with Crippen LogP contribution in [0.1, 0.15) is 45.6 Å². The fraction of sp³-hybridized carbons (Fsp3) is 0.500. The maximum Gasteiger partial charge on any atom is 0.138 e. The summed E-state index contributed by atoms with van der Waals surface area (Å²) in [4.78, 5) is 15.4. The number of piperidine rings is 1. The van der Waals surface area contributed by atoms with E-state index in [0.717, 1.165) is 19.4 Å². The van der Waals surface area contributed by atoms with Crippen LogP contribution >= 0.6 is 0 Å². The van der Waals surface area contributed by atoms with Gasteiger partial charge >= 0.3 is 0 Å². The third-order valence-electron chi connectivity index (χ3n) is 5.85. The molecule has 1 aliphatic heterocycles. The Balaban J connectivity index is 1.86. The van der Waals surface area contributed by atoms with Gasteiger partial charge in [-0.05, 0) is 55.1 Å². The molecule has 0 saturated carbocycles. The minimum absolute atomic E-state index is 0.145. The predicted octanol–water partition coefficient (Wildman–Crippen LogP) is 4.81. The summed E-state index contributed by atoms with van der Waals surface area (Å²) in [6.45, 7) is 7.73. The van der Waals surface area contributed by atoms with Crippen LogP contribution in [-0.4, -0.2) is 30.3 Å². The molecule has 0 radical (unpaired) electrons. The van der Waals surface area contributed by atoms with Crippen molar-refractivity contribution in [3.05, 3.63) is 48.0 Å². The first kappa shape index (κ1) is 17.2. The summed E-state index contributed by atoms with van der Waals surface area (Å²) in [6.07, 6.45) is 2.78. The number of benzene rings is 2. The standard InChI is InChI=1S/C22H29NO/c1-16-18(12-8-14-23(16)4)21(24)15-22(2,3)20-13-7-10-17-9-5-6-11-19(17)20/h5-7,9-11,13,16,18H,8,12,14-15H2,1-4H3/t16-,18?/m0/s1. The van der Waals surface area contributed by atoms with E-state index in [1.807, 2.05) is 0 Å². The lowest BCUT2D eigenvalue weighted by atomic mass is 9.74. The Morgan fingerprint density at radius 3 is 2.67 bits per heavy atom. The SMILES string of the molecule is C[C@H]1C(C(=O)CC(C)(C)c2cccc3ccccc23)CCCN1C. The van der Waals surface area contributed by atoms with Crippen LogP contribution in [0, 0.1) is 5.92 Å². The van der Waals surface area contributed by atoms with Crippen molar-refractivity contribution in [1.29, 1.82) is 0 Å². The molecule has 2 aromatic rings. The molecule has 24 heavy (non-hydrogen) atoms. The number of likely N-dealkylation sites (tertiary alicyclic amines) is 1. The largest absolute Gasteiger partial charge is 0.303 e. The zero-order valence-electron chi connectivity index (χ0n) is 15.4. The molecule has 1 aliphatic rings. The third-order valence-corrected chi connectivity index (χ3v) is 5.85. The fourth-order valence-electron chi connectivity index (χ4n) is 4.22. The molecule has 2 aromatic carbocycles. The number of nitrogens with zero attached hydrogens (tertiary/aromatic N) is 1. The Morgan fingerprint density at radius 1 is 1.17 bits per heavy atom. The highest BCUT2D eigenvalue weighted by atomic mass is 16.1. The van der Waals surface area contributed by atoms with Crippen LogP contribution in [0.15, 0.2) is 42.5 Å². The lowest BCUT2D eigenvalue weighted by Gasteiger charge is -2.37. The maximum atomic E-state index is 13.1. The number of Topliss-reactive ketones (excluding diaryl/α,β-unsaturated/α-hetero) is 1. The second-order valence-electron chi connectivity index (χ2n) is 8.02. The third kappa shape index (κ3) is 3.25. The second kappa shape index (κ2) is 6.68. The summed E-state index contributed by atoms with van der Waals surface area (Å²) in [5.74, 6) is 0.602. The molecule has 0 bridgehead atoms. The molecule has 0 N–H and O–H groups in total. The van der Waals surface area contributed by atoms with Crippen molar-refractivity contribution >= 4 is 16.6 Å². The Kier molecular flexibility index (Phi) is 4.78. The van der Waals surface area contributed by atoms with Gasteiger partial charge < -0.3 is 4.90 Å². The quantitative estimate of drug-likeness (QED) is 0.805. The highest BCUT2D eigenvalue weighted by molar-refractivity contribution is 5.88. The first-order chi connectivity index (χ1) is 11.4. The lowest BCUT2D eigenvalue weighted by molar-refractivity contribution is -0.127. The van der Waals surface area contributed by atoms with Crippen molar-refractivity contribution in [2.75, 3.05) is 13.6 Å². The number of hydrogen-bond donors (Lipinski definition) is 0. The summed E-state index contributed by atoms with van der Waals surface area (Å²) in [5.41, 5.74) is 1.14. The van der Waals surface area contributed by atoms with Crippen LogP contribution in [-0.2, 0) is 10.2 Å². The number of carbonyl (C=O) groups is 1. The predicted molar refractivity (Wildman–Crippen MR) is 101 cm³/mol. The molecule has 1 saturated heterocycles. The normalized spacial score (nSPS) is 22.7. The van der Waals surface area contributed by atoms with E-state index in [9.17, 15) is 4.79 Å². The van der Waals surface area contributed by atoms with Gasteiger partial charge in [-0.1, -0.05) is 56.3 Å². The van der Waals surface area contributed by atoms with E-state index in [1.165, 1.54) is 16.3 Å². The number of carbonyl (C=O) groups excluding carboxylic acids is 1. The number of rotatable bonds is 4. The summed E-state index contributed by atoms with van der Waals surface area (Å²) < 4.78 is 0. The van der Waals surface area contributed by atoms with Gasteiger partial charge in [0.05, 0.1) is 0 Å². The minimum atomic E-state index is -0.145. The highest BCUT2D eigenvalue weighted by Gasteiger charge is 2.34. The molecule has 2 atom stereocenters. The van der Waals surface area contributed by atoms with E-state index in [2.05, 4.69) is 75.2 Å². The summed E-state index contributed by atoms with van der Waals surface area (Å²) in [6, 6.07) is 15.3. The molecular formula is C22H29NO. The van der Waals surface area contributed by atoms with Gasteiger partial charge in [0, 0.05) is 18.4 Å². The smallest absolute Gasteiger partial charge is 0.138 e. The van der Waals surface area contributed by atoms with Crippen molar-refractivity contribution < 1.29 is 4.79 Å². The van der Waals surface area contributed by atoms with E-state index in [-0.39, 0.29) is 11.3 Å². The second-order valence-corrected chi connectivity index (χ2v) is 8.02. The molecule has 0 spiro atoms. The molecule has 0 aromatic heterocycles. The van der Waals surface area contributed by atoms with Gasteiger partial charge in [-0.2, -0.15) is 0 Å². The van der Waals surface area contributed by atoms with Gasteiger partial charge in [-0.15, -0.1) is 0 Å². The van der Waals surface area contributed by atoms with Crippen LogP contribution in [0.4, 0.5) is 0 Å². The van der Waals surface area contributed by atoms with Crippen LogP contribution in [0.5, 0.6) is 0 Å². The molecule has 2 heteroatoms. The van der Waals surface area contributed by atoms with Gasteiger partial charge in [0.2, 0.25) is 0 Å². The van der Waals surface area contributed by atoms with Gasteiger partial charge in [-0.25, -0.2) is 0 Å². The van der Waals surface area contributed by atoms with Crippen LogP contribution in [0.2, 0.25) is 0 Å². The molecule has 1 fully saturated rings. The first-order valence-corrected chi connectivity index (χ1v) is 9.11. The first-order valence-electron chi connectivity index (χ1n) is 9.11. The Bertz CT molecular complexity index is 728. The number of ketones is 1. The van der Waals surface area contributed by atoms with Crippen LogP contribution in [0.25, 0.3) is 10.8 Å². The summed E-state index contributed by atoms with van der Waals surface area (Å²) in [5, 5.41) is 2.52. The maximum absolute atomic E-state index is 13.1. The molecule has 128 valence electrons. The Hall–Kier alpha value is -1.67. The number of hydrogen-bond acceptors (Lipinski definition) is 2. The van der Waals surface area contributed by atoms with Crippen molar-refractivity contribution in [3.63, 3.8) is 0 Å². The van der Waals surface area contributed by atoms with Gasteiger partial charge in [0.25, 0.3) is 0 Å². The average molecular weight is 323 g/mol. The number of fused-ring (bicyclic) bond motifs is 1. The van der Waals surface area contributed by atoms with Crippen molar-refractivity contribution in [3.8, 4) is 0 Å². The molecule has 0 amide bonds. The van der Waals surface area contributed by atoms with Crippen LogP contribution in [0.3, 0.4) is 0 Å². The minimum Gasteiger partial charge on any atom is -0.303 e. The van der Waals surface area contributed by atoms with Gasteiger partial charge in [0.15, 0.2) is 0 Å². The monoisotopic (exact) mass is 323 g/mol. The van der Waals surface area contributed by atoms with Gasteiger partial charge in [0.1, 0.15) is 5.78 Å². The Labute approximate surface area is 145 Å². The summed E-state index contributed by atoms with van der Waals surface area (Å²) >= 11 is 0. The molecule has 3 rings (SSSR count). The topological polar surface area (TPSA) is 20.3 Å². The summed E-state index contributed by atoms with van der Waals surface area (Å²) in [7, 11) is 2.14. The molecule has 2 nitrogen and oxygen atoms in total. The van der Waals surface area contributed by atoms with E-state index in [4.69, 9.17) is 0 Å². The molecular weight excluding hydrogens is 294 g/mol. The van der Waals surface area contributed by atoms with Crippen molar-refractivity contribution in [1.82, 2.24) is 4.90 Å². The van der Waals surface area contributed by atoms with E-state index < -0.39 is 0 Å². The average Bonchev–Trinajstić information content (AvgIpc) is 2.56. The van der Waals surface area contributed by atoms with Crippen molar-refractivity contribution in [2.45, 2.75) is 51.5 Å². The molecule has 1 unspecified atom stereocenters. The van der Waals surface area contributed by atoms with E-state index >= 15 is 0 Å². The van der Waals surface area contributed by atoms with Crippen LogP contribution < -0.4 is 0 Å². The molecule has 0 aliphatic carbocycles.